The molecule has 0 aliphatic heterocycles. The Hall–Kier alpha value is -1.95. The van der Waals surface area contributed by atoms with Crippen molar-refractivity contribution in [1.82, 2.24) is 9.55 Å². The van der Waals surface area contributed by atoms with Crippen molar-refractivity contribution in [3.8, 4) is 5.75 Å². The molecule has 102 valence electrons. The van der Waals surface area contributed by atoms with Crippen molar-refractivity contribution in [2.45, 2.75) is 26.7 Å². The summed E-state index contributed by atoms with van der Waals surface area (Å²) in [5, 5.41) is 8.84. The first-order valence-corrected chi connectivity index (χ1v) is 5.87. The van der Waals surface area contributed by atoms with Crippen molar-refractivity contribution < 1.29 is 18.6 Å². The van der Waals surface area contributed by atoms with E-state index < -0.39 is 24.0 Å². The zero-order valence-electron chi connectivity index (χ0n) is 10.4. The van der Waals surface area contributed by atoms with Crippen LogP contribution in [0.5, 0.6) is 5.75 Å². The maximum absolute atomic E-state index is 13.6. The quantitative estimate of drug-likeness (QED) is 0.904. The zero-order valence-corrected chi connectivity index (χ0v) is 10.4. The fourth-order valence-electron chi connectivity index (χ4n) is 1.75. The third-order valence-corrected chi connectivity index (χ3v) is 2.73. The van der Waals surface area contributed by atoms with Crippen molar-refractivity contribution in [2.24, 2.45) is 0 Å². The van der Waals surface area contributed by atoms with Crippen molar-refractivity contribution >= 4 is 0 Å². The molecule has 1 N–H and O–H groups in total. The number of ether oxygens (including phenoxy) is 1. The maximum Gasteiger partial charge on any atom is 0.191 e. The lowest BCUT2D eigenvalue weighted by Crippen LogP contribution is -2.07. The first kappa shape index (κ1) is 13.5. The summed E-state index contributed by atoms with van der Waals surface area (Å²) in [5.74, 6) is -1.53. The molecule has 0 fully saturated rings. The normalized spacial score (nSPS) is 10.7. The lowest BCUT2D eigenvalue weighted by Gasteiger charge is -2.10. The number of aromatic nitrogens is 2. The highest BCUT2D eigenvalue weighted by atomic mass is 19.1. The molecule has 0 saturated heterocycles. The van der Waals surface area contributed by atoms with E-state index in [0.717, 1.165) is 12.1 Å². The molecule has 0 saturated carbocycles. The molecule has 0 aliphatic rings. The number of halogens is 2. The van der Waals surface area contributed by atoms with Crippen LogP contribution in [0.3, 0.4) is 0 Å². The molecule has 0 atom stereocenters. The molecule has 0 bridgehead atoms. The van der Waals surface area contributed by atoms with Gasteiger partial charge in [-0.2, -0.15) is 0 Å². The Labute approximate surface area is 109 Å². The minimum atomic E-state index is -0.835. The molecule has 4 nitrogen and oxygen atoms in total. The molecule has 19 heavy (non-hydrogen) atoms. The summed E-state index contributed by atoms with van der Waals surface area (Å²) in [6.45, 7) is 2.19. The fraction of sp³-hybridized carbons (Fsp3) is 0.308. The Morgan fingerprint density at radius 3 is 2.58 bits per heavy atom. The first-order chi connectivity index (χ1) is 9.15. The second-order valence-electron chi connectivity index (χ2n) is 3.96. The van der Waals surface area contributed by atoms with E-state index in [0.29, 0.717) is 12.4 Å². The van der Waals surface area contributed by atoms with Crippen molar-refractivity contribution in [3.05, 3.63) is 47.5 Å². The lowest BCUT2D eigenvalue weighted by molar-refractivity contribution is 0.257. The van der Waals surface area contributed by atoms with E-state index in [1.807, 2.05) is 11.5 Å². The standard InChI is InChI=1S/C13H14F2N2O2/c1-2-17-4-3-16-12(17)8-19-13-10(14)5-9(7-18)6-11(13)15/h3-6,18H,2,7-8H2,1H3. The van der Waals surface area contributed by atoms with Gasteiger partial charge >= 0.3 is 0 Å². The molecule has 0 spiro atoms. The highest BCUT2D eigenvalue weighted by molar-refractivity contribution is 5.31. The molecule has 1 heterocycles. The van der Waals surface area contributed by atoms with E-state index in [9.17, 15) is 8.78 Å². The van der Waals surface area contributed by atoms with Crippen LogP contribution < -0.4 is 4.74 Å². The summed E-state index contributed by atoms with van der Waals surface area (Å²) in [4.78, 5) is 4.05. The van der Waals surface area contributed by atoms with Gasteiger partial charge in [-0.1, -0.05) is 0 Å². The van der Waals surface area contributed by atoms with E-state index >= 15 is 0 Å². The van der Waals surface area contributed by atoms with Gasteiger partial charge in [-0.05, 0) is 24.6 Å². The van der Waals surface area contributed by atoms with Crippen LogP contribution in [0.2, 0.25) is 0 Å². The van der Waals surface area contributed by atoms with Crippen molar-refractivity contribution in [2.75, 3.05) is 0 Å². The second kappa shape index (κ2) is 5.79. The molecule has 0 amide bonds. The monoisotopic (exact) mass is 268 g/mol. The van der Waals surface area contributed by atoms with Gasteiger partial charge in [0.25, 0.3) is 0 Å². The van der Waals surface area contributed by atoms with E-state index in [2.05, 4.69) is 4.98 Å². The molecule has 0 unspecified atom stereocenters. The minimum Gasteiger partial charge on any atom is -0.480 e. The molecule has 2 rings (SSSR count). The number of hydrogen-bond donors (Lipinski definition) is 1. The number of aliphatic hydroxyl groups is 1. The Morgan fingerprint density at radius 2 is 2.00 bits per heavy atom. The first-order valence-electron chi connectivity index (χ1n) is 5.87. The number of rotatable bonds is 5. The smallest absolute Gasteiger partial charge is 0.191 e. The third-order valence-electron chi connectivity index (χ3n) is 2.73. The molecule has 2 aromatic rings. The molecule has 6 heteroatoms. The number of aliphatic hydroxyl groups excluding tert-OH is 1. The minimum absolute atomic E-state index is 0.0207. The van der Waals surface area contributed by atoms with Crippen LogP contribution in [-0.4, -0.2) is 14.7 Å². The van der Waals surface area contributed by atoms with E-state index in [4.69, 9.17) is 9.84 Å². The predicted molar refractivity (Wildman–Crippen MR) is 64.5 cm³/mol. The van der Waals surface area contributed by atoms with E-state index in [-0.39, 0.29) is 12.2 Å². The topological polar surface area (TPSA) is 47.3 Å². The van der Waals surface area contributed by atoms with Crippen LogP contribution in [0.1, 0.15) is 18.3 Å². The number of hydrogen-bond acceptors (Lipinski definition) is 3. The van der Waals surface area contributed by atoms with E-state index in [1.54, 1.807) is 12.4 Å². The molecule has 1 aromatic heterocycles. The number of aryl methyl sites for hydroxylation is 1. The van der Waals surface area contributed by atoms with Gasteiger partial charge in [-0.3, -0.25) is 0 Å². The van der Waals surface area contributed by atoms with Gasteiger partial charge < -0.3 is 14.4 Å². The molecule has 1 aromatic carbocycles. The number of imidazole rings is 1. The SMILES string of the molecule is CCn1ccnc1COc1c(F)cc(CO)cc1F. The highest BCUT2D eigenvalue weighted by Gasteiger charge is 2.13. The van der Waals surface area contributed by atoms with Crippen molar-refractivity contribution in [3.63, 3.8) is 0 Å². The van der Waals surface area contributed by atoms with Gasteiger partial charge in [0.05, 0.1) is 6.61 Å². The van der Waals surface area contributed by atoms with Crippen LogP contribution in [0.25, 0.3) is 0 Å². The number of benzene rings is 1. The molecular formula is C13H14F2N2O2. The summed E-state index contributed by atoms with van der Waals surface area (Å²) in [6, 6.07) is 2.09. The van der Waals surface area contributed by atoms with Gasteiger partial charge in [-0.25, -0.2) is 13.8 Å². The van der Waals surface area contributed by atoms with Gasteiger partial charge in [0.2, 0.25) is 0 Å². The average molecular weight is 268 g/mol. The lowest BCUT2D eigenvalue weighted by atomic mass is 10.2. The summed E-state index contributed by atoms with van der Waals surface area (Å²) < 4.78 is 34.2. The third kappa shape index (κ3) is 2.90. The summed E-state index contributed by atoms with van der Waals surface area (Å²) in [7, 11) is 0. The van der Waals surface area contributed by atoms with Crippen LogP contribution >= 0.6 is 0 Å². The summed E-state index contributed by atoms with van der Waals surface area (Å²) in [6.07, 6.45) is 3.37. The van der Waals surface area contributed by atoms with Crippen LogP contribution in [0, 0.1) is 11.6 Å². The van der Waals surface area contributed by atoms with Crippen molar-refractivity contribution in [1.29, 1.82) is 0 Å². The van der Waals surface area contributed by atoms with Gasteiger partial charge in [0.1, 0.15) is 12.4 Å². The Bertz CT molecular complexity index is 547. The summed E-state index contributed by atoms with van der Waals surface area (Å²) >= 11 is 0. The van der Waals surface area contributed by atoms with Gasteiger partial charge in [0, 0.05) is 18.9 Å². The average Bonchev–Trinajstić information content (AvgIpc) is 2.85. The highest BCUT2D eigenvalue weighted by Crippen LogP contribution is 2.24. The number of nitrogens with zero attached hydrogens (tertiary/aromatic N) is 2. The Kier molecular flexibility index (Phi) is 4.11. The Morgan fingerprint density at radius 1 is 1.32 bits per heavy atom. The molecule has 0 radical (unpaired) electrons. The molecular weight excluding hydrogens is 254 g/mol. The van der Waals surface area contributed by atoms with Gasteiger partial charge in [-0.15, -0.1) is 0 Å². The maximum atomic E-state index is 13.6. The fourth-order valence-corrected chi connectivity index (χ4v) is 1.75. The Balaban J connectivity index is 2.16. The zero-order chi connectivity index (χ0) is 13.8. The van der Waals surface area contributed by atoms with Crippen LogP contribution in [0.4, 0.5) is 8.78 Å². The van der Waals surface area contributed by atoms with Gasteiger partial charge in [0.15, 0.2) is 17.4 Å². The van der Waals surface area contributed by atoms with E-state index in [1.165, 1.54) is 0 Å². The largest absolute Gasteiger partial charge is 0.480 e. The second-order valence-corrected chi connectivity index (χ2v) is 3.96. The molecule has 0 aliphatic carbocycles. The predicted octanol–water partition coefficient (Wildman–Crippen LogP) is 2.25. The van der Waals surface area contributed by atoms with Crippen LogP contribution in [-0.2, 0) is 19.8 Å². The summed E-state index contributed by atoms with van der Waals surface area (Å²) in [5.41, 5.74) is 0.164. The van der Waals surface area contributed by atoms with Crippen LogP contribution in [0.15, 0.2) is 24.5 Å².